The van der Waals surface area contributed by atoms with E-state index in [1.165, 1.54) is 31.0 Å². The van der Waals surface area contributed by atoms with Crippen molar-refractivity contribution in [2.75, 3.05) is 17.7 Å². The molecule has 1 fully saturated rings. The minimum absolute atomic E-state index is 0.0280. The van der Waals surface area contributed by atoms with Gasteiger partial charge in [0, 0.05) is 5.69 Å². The molecule has 0 bridgehead atoms. The van der Waals surface area contributed by atoms with E-state index < -0.39 is 5.82 Å². The number of amides is 1. The lowest BCUT2D eigenvalue weighted by molar-refractivity contribution is -0.117. The van der Waals surface area contributed by atoms with Crippen LogP contribution in [0.3, 0.4) is 0 Å². The molecule has 1 aliphatic rings. The highest BCUT2D eigenvalue weighted by Crippen LogP contribution is 2.25. The second kappa shape index (κ2) is 7.41. The Morgan fingerprint density at radius 1 is 1.48 bits per heavy atom. The maximum absolute atomic E-state index is 13.0. The number of rotatable bonds is 5. The second-order valence-corrected chi connectivity index (χ2v) is 5.80. The van der Waals surface area contributed by atoms with Gasteiger partial charge in [0.25, 0.3) is 0 Å². The van der Waals surface area contributed by atoms with E-state index in [1.807, 2.05) is 0 Å². The smallest absolute Gasteiger partial charge is 0.226 e. The molecular weight excluding hydrogens is 271 g/mol. The van der Waals surface area contributed by atoms with Crippen LogP contribution in [-0.2, 0) is 9.53 Å². The Balaban J connectivity index is 1.70. The van der Waals surface area contributed by atoms with Crippen molar-refractivity contribution in [2.45, 2.75) is 45.1 Å². The molecule has 1 saturated carbocycles. The zero-order chi connectivity index (χ0) is 15.2. The van der Waals surface area contributed by atoms with E-state index in [2.05, 4.69) is 12.2 Å². The van der Waals surface area contributed by atoms with Gasteiger partial charge in [0.15, 0.2) is 0 Å². The molecule has 21 heavy (non-hydrogen) atoms. The van der Waals surface area contributed by atoms with E-state index in [0.29, 0.717) is 24.6 Å². The third-order valence-electron chi connectivity index (χ3n) is 3.85. The van der Waals surface area contributed by atoms with Crippen molar-refractivity contribution in [3.8, 4) is 0 Å². The van der Waals surface area contributed by atoms with Crippen LogP contribution in [0.4, 0.5) is 15.8 Å². The van der Waals surface area contributed by atoms with Crippen molar-refractivity contribution in [3.63, 3.8) is 0 Å². The van der Waals surface area contributed by atoms with E-state index in [9.17, 15) is 9.18 Å². The lowest BCUT2D eigenvalue weighted by atomic mass is 9.89. The summed E-state index contributed by atoms with van der Waals surface area (Å²) in [5.41, 5.74) is 5.99. The van der Waals surface area contributed by atoms with Gasteiger partial charge in [0.05, 0.1) is 24.8 Å². The fourth-order valence-corrected chi connectivity index (χ4v) is 2.69. The quantitative estimate of drug-likeness (QED) is 0.819. The van der Waals surface area contributed by atoms with E-state index in [1.54, 1.807) is 0 Å². The van der Waals surface area contributed by atoms with Gasteiger partial charge in [-0.3, -0.25) is 4.79 Å². The van der Waals surface area contributed by atoms with Gasteiger partial charge in [-0.25, -0.2) is 4.39 Å². The molecule has 4 nitrogen and oxygen atoms in total. The first-order valence-corrected chi connectivity index (χ1v) is 7.51. The number of anilines is 2. The molecule has 0 aromatic heterocycles. The first-order valence-electron chi connectivity index (χ1n) is 7.51. The normalized spacial score (nSPS) is 22.0. The molecule has 2 unspecified atom stereocenters. The van der Waals surface area contributed by atoms with Crippen LogP contribution in [0.1, 0.15) is 39.0 Å². The fraction of sp³-hybridized carbons (Fsp3) is 0.562. The number of ether oxygens (including phenoxy) is 1. The first kappa shape index (κ1) is 15.8. The van der Waals surface area contributed by atoms with Crippen molar-refractivity contribution in [2.24, 2.45) is 5.92 Å². The summed E-state index contributed by atoms with van der Waals surface area (Å²) in [7, 11) is 0. The summed E-state index contributed by atoms with van der Waals surface area (Å²) < 4.78 is 18.8. The van der Waals surface area contributed by atoms with E-state index in [4.69, 9.17) is 10.5 Å². The van der Waals surface area contributed by atoms with Crippen LogP contribution in [0.15, 0.2) is 18.2 Å². The summed E-state index contributed by atoms with van der Waals surface area (Å²) >= 11 is 0. The molecule has 0 heterocycles. The molecule has 5 heteroatoms. The number of nitrogen functional groups attached to an aromatic ring is 1. The van der Waals surface area contributed by atoms with Crippen molar-refractivity contribution >= 4 is 17.3 Å². The third-order valence-corrected chi connectivity index (χ3v) is 3.85. The summed E-state index contributed by atoms with van der Waals surface area (Å²) in [5.74, 6) is 0.0763. The van der Waals surface area contributed by atoms with Crippen LogP contribution in [0.25, 0.3) is 0 Å². The molecule has 2 rings (SSSR count). The maximum Gasteiger partial charge on any atom is 0.226 e. The van der Waals surface area contributed by atoms with Gasteiger partial charge in [-0.2, -0.15) is 0 Å². The number of carbonyl (C=O) groups excluding carboxylic acids is 1. The standard InChI is InChI=1S/C16H23FN2O2/c1-11-3-2-4-13(9-11)21-8-7-16(20)19-12-5-6-14(17)15(18)10-12/h5-6,10-11,13H,2-4,7-9,18H2,1H3,(H,19,20). The molecule has 0 aliphatic heterocycles. The van der Waals surface area contributed by atoms with Crippen molar-refractivity contribution in [1.29, 1.82) is 0 Å². The third kappa shape index (κ3) is 5.01. The van der Waals surface area contributed by atoms with Gasteiger partial charge >= 0.3 is 0 Å². The largest absolute Gasteiger partial charge is 0.396 e. The maximum atomic E-state index is 13.0. The number of carbonyl (C=O) groups is 1. The minimum Gasteiger partial charge on any atom is -0.396 e. The zero-order valence-electron chi connectivity index (χ0n) is 12.4. The highest BCUT2D eigenvalue weighted by atomic mass is 19.1. The molecule has 1 amide bonds. The Morgan fingerprint density at radius 2 is 2.29 bits per heavy atom. The lowest BCUT2D eigenvalue weighted by Crippen LogP contribution is -2.23. The van der Waals surface area contributed by atoms with Gasteiger partial charge < -0.3 is 15.8 Å². The van der Waals surface area contributed by atoms with Crippen LogP contribution >= 0.6 is 0 Å². The molecule has 1 aromatic rings. The Morgan fingerprint density at radius 3 is 3.00 bits per heavy atom. The Labute approximate surface area is 124 Å². The predicted molar refractivity (Wildman–Crippen MR) is 81.4 cm³/mol. The van der Waals surface area contributed by atoms with Gasteiger partial charge in [0.2, 0.25) is 5.91 Å². The number of nitrogens with one attached hydrogen (secondary N) is 1. The average Bonchev–Trinajstić information content (AvgIpc) is 2.43. The zero-order valence-corrected chi connectivity index (χ0v) is 12.4. The molecule has 0 saturated heterocycles. The van der Waals surface area contributed by atoms with Gasteiger partial charge in [-0.15, -0.1) is 0 Å². The van der Waals surface area contributed by atoms with Gasteiger partial charge in [-0.05, 0) is 37.0 Å². The molecule has 1 aliphatic carbocycles. The van der Waals surface area contributed by atoms with E-state index >= 15 is 0 Å². The molecule has 3 N–H and O–H groups in total. The summed E-state index contributed by atoms with van der Waals surface area (Å²) in [6.45, 7) is 2.65. The van der Waals surface area contributed by atoms with Crippen LogP contribution in [0, 0.1) is 11.7 Å². The number of benzene rings is 1. The monoisotopic (exact) mass is 294 g/mol. The Bertz CT molecular complexity index is 493. The van der Waals surface area contributed by atoms with Crippen molar-refractivity contribution in [1.82, 2.24) is 0 Å². The molecule has 0 radical (unpaired) electrons. The summed E-state index contributed by atoms with van der Waals surface area (Å²) in [6.07, 6.45) is 5.21. The Kier molecular flexibility index (Phi) is 5.56. The minimum atomic E-state index is -0.484. The number of hydrogen-bond donors (Lipinski definition) is 2. The van der Waals surface area contributed by atoms with Gasteiger partial charge in [-0.1, -0.05) is 19.8 Å². The molecule has 116 valence electrons. The first-order chi connectivity index (χ1) is 10.0. The second-order valence-electron chi connectivity index (χ2n) is 5.80. The van der Waals surface area contributed by atoms with Crippen LogP contribution in [-0.4, -0.2) is 18.6 Å². The Hall–Kier alpha value is -1.62. The summed E-state index contributed by atoms with van der Waals surface area (Å²) in [6, 6.07) is 4.15. The predicted octanol–water partition coefficient (Wildman–Crippen LogP) is 3.33. The van der Waals surface area contributed by atoms with Gasteiger partial charge in [0.1, 0.15) is 5.82 Å². The SMILES string of the molecule is CC1CCCC(OCCC(=O)Nc2ccc(F)c(N)c2)C1. The van der Waals surface area contributed by atoms with E-state index in [-0.39, 0.29) is 17.7 Å². The summed E-state index contributed by atoms with van der Waals surface area (Å²) in [5, 5.41) is 2.69. The highest BCUT2D eigenvalue weighted by molar-refractivity contribution is 5.91. The lowest BCUT2D eigenvalue weighted by Gasteiger charge is -2.26. The molecular formula is C16H23FN2O2. The van der Waals surface area contributed by atoms with Crippen molar-refractivity contribution in [3.05, 3.63) is 24.0 Å². The van der Waals surface area contributed by atoms with Crippen LogP contribution < -0.4 is 11.1 Å². The van der Waals surface area contributed by atoms with Crippen LogP contribution in [0.5, 0.6) is 0 Å². The number of nitrogens with two attached hydrogens (primary N) is 1. The molecule has 1 aromatic carbocycles. The average molecular weight is 294 g/mol. The van der Waals surface area contributed by atoms with Crippen LogP contribution in [0.2, 0.25) is 0 Å². The molecule has 2 atom stereocenters. The van der Waals surface area contributed by atoms with Crippen molar-refractivity contribution < 1.29 is 13.9 Å². The number of hydrogen-bond acceptors (Lipinski definition) is 3. The number of halogens is 1. The fourth-order valence-electron chi connectivity index (χ4n) is 2.69. The topological polar surface area (TPSA) is 64.3 Å². The molecule has 0 spiro atoms. The summed E-state index contributed by atoms with van der Waals surface area (Å²) in [4.78, 5) is 11.8. The van der Waals surface area contributed by atoms with E-state index in [0.717, 1.165) is 12.8 Å². The highest BCUT2D eigenvalue weighted by Gasteiger charge is 2.19.